The zero-order valence-corrected chi connectivity index (χ0v) is 14.4. The van der Waals surface area contributed by atoms with Crippen molar-refractivity contribution < 1.29 is 14.2 Å². The molecule has 2 aromatic carbocycles. The Labute approximate surface area is 145 Å². The second kappa shape index (κ2) is 7.17. The van der Waals surface area contributed by atoms with Gasteiger partial charge in [-0.25, -0.2) is 4.63 Å². The lowest BCUT2D eigenvalue weighted by Crippen LogP contribution is -2.13. The van der Waals surface area contributed by atoms with E-state index in [0.29, 0.717) is 23.6 Å². The Morgan fingerprint density at radius 1 is 1.12 bits per heavy atom. The number of ether oxygens (including phenoxy) is 1. The molecule has 3 rings (SSSR count). The van der Waals surface area contributed by atoms with Crippen molar-refractivity contribution in [3.63, 3.8) is 0 Å². The highest BCUT2D eigenvalue weighted by molar-refractivity contribution is 6.05. The molecule has 0 atom stereocenters. The lowest BCUT2D eigenvalue weighted by atomic mass is 10.0. The molecule has 0 aliphatic rings. The summed E-state index contributed by atoms with van der Waals surface area (Å²) in [5, 5.41) is 10.5. The molecule has 0 radical (unpaired) electrons. The fraction of sp³-hybridized carbons (Fsp3) is 0.211. The Morgan fingerprint density at radius 2 is 1.96 bits per heavy atom. The molecule has 3 aromatic rings. The minimum absolute atomic E-state index is 0.287. The predicted molar refractivity (Wildman–Crippen MR) is 94.8 cm³/mol. The Hall–Kier alpha value is -3.15. The van der Waals surface area contributed by atoms with Crippen LogP contribution in [0.5, 0.6) is 5.75 Å². The molecule has 25 heavy (non-hydrogen) atoms. The van der Waals surface area contributed by atoms with Crippen LogP contribution in [0.1, 0.15) is 28.4 Å². The summed E-state index contributed by atoms with van der Waals surface area (Å²) in [6.45, 7) is 6.48. The van der Waals surface area contributed by atoms with Gasteiger partial charge in [-0.1, -0.05) is 18.2 Å². The maximum Gasteiger partial charge on any atom is 0.257 e. The zero-order valence-electron chi connectivity index (χ0n) is 14.4. The second-order valence-electron chi connectivity index (χ2n) is 5.68. The van der Waals surface area contributed by atoms with Gasteiger partial charge in [0.05, 0.1) is 6.61 Å². The summed E-state index contributed by atoms with van der Waals surface area (Å²) < 4.78 is 10.3. The highest BCUT2D eigenvalue weighted by atomic mass is 16.6. The Balaban J connectivity index is 1.84. The van der Waals surface area contributed by atoms with Gasteiger partial charge in [-0.2, -0.15) is 0 Å². The fourth-order valence-corrected chi connectivity index (χ4v) is 2.42. The summed E-state index contributed by atoms with van der Waals surface area (Å²) >= 11 is 0. The summed E-state index contributed by atoms with van der Waals surface area (Å²) in [5.41, 5.74) is 4.11. The van der Waals surface area contributed by atoms with Crippen LogP contribution in [0.2, 0.25) is 0 Å². The average molecular weight is 337 g/mol. The fourth-order valence-electron chi connectivity index (χ4n) is 2.42. The van der Waals surface area contributed by atoms with Gasteiger partial charge in [-0.3, -0.25) is 4.79 Å². The maximum atomic E-state index is 12.5. The van der Waals surface area contributed by atoms with E-state index in [2.05, 4.69) is 15.6 Å². The monoisotopic (exact) mass is 337 g/mol. The number of nitrogens with zero attached hydrogens (tertiary/aromatic N) is 2. The topological polar surface area (TPSA) is 77.2 Å². The van der Waals surface area contributed by atoms with E-state index >= 15 is 0 Å². The smallest absolute Gasteiger partial charge is 0.257 e. The molecule has 6 heteroatoms. The summed E-state index contributed by atoms with van der Waals surface area (Å²) in [4.78, 5) is 12.5. The minimum atomic E-state index is -0.303. The number of rotatable bonds is 5. The van der Waals surface area contributed by atoms with Gasteiger partial charge in [0.1, 0.15) is 5.75 Å². The first-order valence-corrected chi connectivity index (χ1v) is 8.03. The molecular formula is C19H19N3O3. The molecule has 1 amide bonds. The largest absolute Gasteiger partial charge is 0.494 e. The van der Waals surface area contributed by atoms with Crippen molar-refractivity contribution in [1.82, 2.24) is 10.3 Å². The number of hydrogen-bond acceptors (Lipinski definition) is 5. The van der Waals surface area contributed by atoms with Crippen molar-refractivity contribution in [3.8, 4) is 17.0 Å². The summed E-state index contributed by atoms with van der Waals surface area (Å²) in [7, 11) is 0. The van der Waals surface area contributed by atoms with Gasteiger partial charge in [0.2, 0.25) is 5.82 Å². The first-order valence-electron chi connectivity index (χ1n) is 8.03. The van der Waals surface area contributed by atoms with Crippen molar-refractivity contribution in [2.24, 2.45) is 0 Å². The summed E-state index contributed by atoms with van der Waals surface area (Å²) in [6.07, 6.45) is 0. The average Bonchev–Trinajstić information content (AvgIpc) is 3.06. The van der Waals surface area contributed by atoms with E-state index in [4.69, 9.17) is 9.37 Å². The molecule has 1 aromatic heterocycles. The molecule has 0 fully saturated rings. The molecule has 1 N–H and O–H groups in total. The molecule has 6 nitrogen and oxygen atoms in total. The number of carbonyl (C=O) groups excluding carboxylic acids is 1. The van der Waals surface area contributed by atoms with Crippen LogP contribution >= 0.6 is 0 Å². The molecule has 0 saturated heterocycles. The SMILES string of the molecule is CCOc1cccc(C(=O)Nc2nonc2-c2ccc(C)c(C)c2)c1. The molecule has 0 spiro atoms. The summed E-state index contributed by atoms with van der Waals surface area (Å²) in [5.74, 6) is 0.625. The van der Waals surface area contributed by atoms with Crippen LogP contribution in [0, 0.1) is 13.8 Å². The van der Waals surface area contributed by atoms with E-state index in [1.807, 2.05) is 39.0 Å². The standard InChI is InChI=1S/C19H19N3O3/c1-4-24-16-7-5-6-15(11-16)19(23)20-18-17(21-25-22-18)14-9-8-12(2)13(3)10-14/h5-11H,4H2,1-3H3,(H,20,22,23). The van der Waals surface area contributed by atoms with Crippen LogP contribution in [0.3, 0.4) is 0 Å². The molecule has 128 valence electrons. The molecule has 0 bridgehead atoms. The van der Waals surface area contributed by atoms with Crippen LogP contribution < -0.4 is 10.1 Å². The Kier molecular flexibility index (Phi) is 4.79. The van der Waals surface area contributed by atoms with Crippen LogP contribution in [0.25, 0.3) is 11.3 Å². The van der Waals surface area contributed by atoms with E-state index in [1.54, 1.807) is 24.3 Å². The van der Waals surface area contributed by atoms with E-state index < -0.39 is 0 Å². The van der Waals surface area contributed by atoms with E-state index in [0.717, 1.165) is 11.1 Å². The quantitative estimate of drug-likeness (QED) is 0.761. The Morgan fingerprint density at radius 3 is 2.72 bits per heavy atom. The van der Waals surface area contributed by atoms with Crippen LogP contribution in [-0.2, 0) is 0 Å². The van der Waals surface area contributed by atoms with Crippen LogP contribution in [-0.4, -0.2) is 22.8 Å². The number of anilines is 1. The van der Waals surface area contributed by atoms with Crippen molar-refractivity contribution in [3.05, 3.63) is 59.2 Å². The zero-order chi connectivity index (χ0) is 17.8. The predicted octanol–water partition coefficient (Wildman–Crippen LogP) is 4.00. The first-order chi connectivity index (χ1) is 12.1. The third-order valence-electron chi connectivity index (χ3n) is 3.91. The van der Waals surface area contributed by atoms with Crippen molar-refractivity contribution >= 4 is 11.7 Å². The van der Waals surface area contributed by atoms with Gasteiger partial charge in [-0.05, 0) is 66.5 Å². The van der Waals surface area contributed by atoms with E-state index in [-0.39, 0.29) is 11.7 Å². The number of benzene rings is 2. The van der Waals surface area contributed by atoms with Crippen molar-refractivity contribution in [2.75, 3.05) is 11.9 Å². The van der Waals surface area contributed by atoms with Gasteiger partial charge in [0.25, 0.3) is 5.91 Å². The van der Waals surface area contributed by atoms with Crippen molar-refractivity contribution in [2.45, 2.75) is 20.8 Å². The Bertz CT molecular complexity index is 902. The van der Waals surface area contributed by atoms with E-state index in [9.17, 15) is 4.79 Å². The highest BCUT2D eigenvalue weighted by Crippen LogP contribution is 2.26. The third-order valence-corrected chi connectivity index (χ3v) is 3.91. The van der Waals surface area contributed by atoms with Gasteiger partial charge in [-0.15, -0.1) is 0 Å². The number of aryl methyl sites for hydroxylation is 2. The van der Waals surface area contributed by atoms with Gasteiger partial charge in [0, 0.05) is 11.1 Å². The maximum absolute atomic E-state index is 12.5. The molecular weight excluding hydrogens is 318 g/mol. The minimum Gasteiger partial charge on any atom is -0.494 e. The summed E-state index contributed by atoms with van der Waals surface area (Å²) in [6, 6.07) is 12.9. The van der Waals surface area contributed by atoms with Crippen LogP contribution in [0.15, 0.2) is 47.1 Å². The van der Waals surface area contributed by atoms with Gasteiger partial charge < -0.3 is 10.1 Å². The van der Waals surface area contributed by atoms with Gasteiger partial charge in [0.15, 0.2) is 5.69 Å². The molecule has 1 heterocycles. The molecule has 0 aliphatic heterocycles. The molecule has 0 unspecified atom stereocenters. The first kappa shape index (κ1) is 16.7. The number of nitrogens with one attached hydrogen (secondary N) is 1. The lowest BCUT2D eigenvalue weighted by Gasteiger charge is -2.07. The third kappa shape index (κ3) is 3.68. The molecule has 0 aliphatic carbocycles. The number of aromatic nitrogens is 2. The van der Waals surface area contributed by atoms with Crippen molar-refractivity contribution in [1.29, 1.82) is 0 Å². The van der Waals surface area contributed by atoms with Gasteiger partial charge >= 0.3 is 0 Å². The van der Waals surface area contributed by atoms with Crippen LogP contribution in [0.4, 0.5) is 5.82 Å². The highest BCUT2D eigenvalue weighted by Gasteiger charge is 2.17. The number of hydrogen-bond donors (Lipinski definition) is 1. The van der Waals surface area contributed by atoms with E-state index in [1.165, 1.54) is 5.56 Å². The second-order valence-corrected chi connectivity index (χ2v) is 5.68. The lowest BCUT2D eigenvalue weighted by molar-refractivity contribution is 0.102. The molecule has 0 saturated carbocycles. The number of carbonyl (C=O) groups is 1. The number of amides is 1. The normalized spacial score (nSPS) is 10.5.